The molecule has 5 N–H and O–H groups in total. The molecule has 0 aliphatic heterocycles. The van der Waals surface area contributed by atoms with E-state index in [2.05, 4.69) is 10.3 Å². The Morgan fingerprint density at radius 3 is 2.59 bits per heavy atom. The number of carbonyl (C=O) groups excluding carboxylic acids is 2. The van der Waals surface area contributed by atoms with Crippen molar-refractivity contribution >= 4 is 17.6 Å². The lowest BCUT2D eigenvalue weighted by atomic mass is 9.93. The van der Waals surface area contributed by atoms with E-state index in [-0.39, 0.29) is 24.0 Å². The summed E-state index contributed by atoms with van der Waals surface area (Å²) in [6.45, 7) is 3.46. The molecule has 1 aromatic rings. The summed E-state index contributed by atoms with van der Waals surface area (Å²) in [4.78, 5) is 26.6. The number of anilines is 1. The van der Waals surface area contributed by atoms with Crippen LogP contribution in [0.25, 0.3) is 0 Å². The quantitative estimate of drug-likeness (QED) is 0.678. The van der Waals surface area contributed by atoms with Crippen LogP contribution in [0.2, 0.25) is 0 Å². The van der Waals surface area contributed by atoms with E-state index in [1.165, 1.54) is 0 Å². The number of hydrogen-bond acceptors (Lipinski definition) is 4. The van der Waals surface area contributed by atoms with E-state index in [9.17, 15) is 9.59 Å². The lowest BCUT2D eigenvalue weighted by Gasteiger charge is -2.20. The molecule has 6 nitrogen and oxygen atoms in total. The first-order valence-corrected chi connectivity index (χ1v) is 5.13. The Balaban J connectivity index is 2.65. The number of nitrogens with zero attached hydrogens (tertiary/aromatic N) is 1. The molecule has 1 aromatic heterocycles. The standard InChI is InChI=1S/C11H16N4O2/c1-11(2,10(13)17)6-14-9(16)7-4-3-5-8(12)15-7/h3-5H,6H2,1-2H3,(H2,12,15)(H2,13,17)(H,14,16). The highest BCUT2D eigenvalue weighted by Crippen LogP contribution is 2.12. The fraction of sp³-hybridized carbons (Fsp3) is 0.364. The zero-order chi connectivity index (χ0) is 13.1. The molecule has 92 valence electrons. The topological polar surface area (TPSA) is 111 Å². The van der Waals surface area contributed by atoms with Gasteiger partial charge in [-0.15, -0.1) is 0 Å². The number of hydrogen-bond donors (Lipinski definition) is 3. The summed E-state index contributed by atoms with van der Waals surface area (Å²) in [6, 6.07) is 4.77. The van der Waals surface area contributed by atoms with Crippen molar-refractivity contribution in [3.05, 3.63) is 23.9 Å². The molecule has 0 radical (unpaired) electrons. The van der Waals surface area contributed by atoms with E-state index >= 15 is 0 Å². The SMILES string of the molecule is CC(C)(CNC(=O)c1cccc(N)n1)C(N)=O. The third-order valence-corrected chi connectivity index (χ3v) is 2.36. The van der Waals surface area contributed by atoms with Crippen LogP contribution in [0.4, 0.5) is 5.82 Å². The van der Waals surface area contributed by atoms with Gasteiger partial charge < -0.3 is 16.8 Å². The molecule has 0 aromatic carbocycles. The number of nitrogens with one attached hydrogen (secondary N) is 1. The number of rotatable bonds is 4. The second kappa shape index (κ2) is 4.82. The summed E-state index contributed by atoms with van der Waals surface area (Å²) >= 11 is 0. The molecule has 1 heterocycles. The van der Waals surface area contributed by atoms with Crippen LogP contribution in [0.1, 0.15) is 24.3 Å². The molecule has 0 unspecified atom stereocenters. The normalized spacial score (nSPS) is 10.9. The van der Waals surface area contributed by atoms with Gasteiger partial charge in [-0.05, 0) is 26.0 Å². The number of aromatic nitrogens is 1. The van der Waals surface area contributed by atoms with Gasteiger partial charge in [-0.3, -0.25) is 9.59 Å². The maximum Gasteiger partial charge on any atom is 0.270 e. The van der Waals surface area contributed by atoms with Crippen LogP contribution in [0.3, 0.4) is 0 Å². The summed E-state index contributed by atoms with van der Waals surface area (Å²) in [6.07, 6.45) is 0. The van der Waals surface area contributed by atoms with E-state index in [1.807, 2.05) is 0 Å². The Bertz CT molecular complexity index is 443. The van der Waals surface area contributed by atoms with Crippen molar-refractivity contribution in [2.24, 2.45) is 11.1 Å². The van der Waals surface area contributed by atoms with Crippen molar-refractivity contribution in [3.63, 3.8) is 0 Å². The predicted octanol–water partition coefficient (Wildman–Crippen LogP) is -0.0949. The van der Waals surface area contributed by atoms with E-state index in [0.717, 1.165) is 0 Å². The third-order valence-electron chi connectivity index (χ3n) is 2.36. The second-order valence-corrected chi connectivity index (χ2v) is 4.38. The van der Waals surface area contributed by atoms with Crippen LogP contribution in [0, 0.1) is 5.41 Å². The first kappa shape index (κ1) is 13.0. The average molecular weight is 236 g/mol. The van der Waals surface area contributed by atoms with Gasteiger partial charge in [0, 0.05) is 6.54 Å². The number of carbonyl (C=O) groups is 2. The van der Waals surface area contributed by atoms with Gasteiger partial charge in [-0.25, -0.2) is 4.98 Å². The summed E-state index contributed by atoms with van der Waals surface area (Å²) < 4.78 is 0. The Morgan fingerprint density at radius 2 is 2.06 bits per heavy atom. The molecule has 0 spiro atoms. The Hall–Kier alpha value is -2.11. The van der Waals surface area contributed by atoms with Crippen molar-refractivity contribution in [1.29, 1.82) is 0 Å². The monoisotopic (exact) mass is 236 g/mol. The maximum absolute atomic E-state index is 11.7. The van der Waals surface area contributed by atoms with Crippen LogP contribution >= 0.6 is 0 Å². The lowest BCUT2D eigenvalue weighted by molar-refractivity contribution is -0.125. The number of nitrogens with two attached hydrogens (primary N) is 2. The van der Waals surface area contributed by atoms with E-state index in [0.29, 0.717) is 0 Å². The molecule has 0 saturated carbocycles. The summed E-state index contributed by atoms with van der Waals surface area (Å²) in [7, 11) is 0. The van der Waals surface area contributed by atoms with Crippen LogP contribution in [-0.4, -0.2) is 23.3 Å². The number of nitrogen functional groups attached to an aromatic ring is 1. The largest absolute Gasteiger partial charge is 0.384 e. The average Bonchev–Trinajstić information content (AvgIpc) is 2.25. The minimum Gasteiger partial charge on any atom is -0.384 e. The molecule has 0 aliphatic carbocycles. The fourth-order valence-electron chi connectivity index (χ4n) is 1.06. The van der Waals surface area contributed by atoms with Crippen LogP contribution in [0.15, 0.2) is 18.2 Å². The number of amides is 2. The molecule has 17 heavy (non-hydrogen) atoms. The van der Waals surface area contributed by atoms with Gasteiger partial charge >= 0.3 is 0 Å². The molecule has 0 fully saturated rings. The minimum absolute atomic E-state index is 0.150. The van der Waals surface area contributed by atoms with Crippen molar-refractivity contribution in [1.82, 2.24) is 10.3 Å². The molecular formula is C11H16N4O2. The van der Waals surface area contributed by atoms with Gasteiger partial charge in [0.25, 0.3) is 5.91 Å². The van der Waals surface area contributed by atoms with Crippen molar-refractivity contribution in [2.75, 3.05) is 12.3 Å². The molecule has 2 amide bonds. The zero-order valence-corrected chi connectivity index (χ0v) is 9.86. The highest BCUT2D eigenvalue weighted by Gasteiger charge is 2.25. The molecule has 1 rings (SSSR count). The smallest absolute Gasteiger partial charge is 0.270 e. The second-order valence-electron chi connectivity index (χ2n) is 4.38. The molecule has 6 heteroatoms. The summed E-state index contributed by atoms with van der Waals surface area (Å²) in [5.74, 6) is -0.586. The van der Waals surface area contributed by atoms with E-state index in [1.54, 1.807) is 32.0 Å². The predicted molar refractivity (Wildman–Crippen MR) is 64.0 cm³/mol. The Labute approximate surface area is 99.4 Å². The first-order valence-electron chi connectivity index (χ1n) is 5.13. The van der Waals surface area contributed by atoms with Crippen LogP contribution in [0.5, 0.6) is 0 Å². The van der Waals surface area contributed by atoms with Crippen molar-refractivity contribution in [2.45, 2.75) is 13.8 Å². The lowest BCUT2D eigenvalue weighted by Crippen LogP contribution is -2.42. The van der Waals surface area contributed by atoms with Gasteiger partial charge in [0.05, 0.1) is 5.41 Å². The molecule has 0 atom stereocenters. The number of pyridine rings is 1. The van der Waals surface area contributed by atoms with E-state index in [4.69, 9.17) is 11.5 Å². The summed E-state index contributed by atoms with van der Waals surface area (Å²) in [5, 5.41) is 2.59. The van der Waals surface area contributed by atoms with Gasteiger partial charge in [0.2, 0.25) is 5.91 Å². The number of primary amides is 1. The highest BCUT2D eigenvalue weighted by atomic mass is 16.2. The van der Waals surface area contributed by atoms with Gasteiger partial charge in [-0.1, -0.05) is 6.07 Å². The zero-order valence-electron chi connectivity index (χ0n) is 9.86. The van der Waals surface area contributed by atoms with Crippen LogP contribution in [-0.2, 0) is 4.79 Å². The van der Waals surface area contributed by atoms with Gasteiger partial charge in [0.1, 0.15) is 11.5 Å². The molecule has 0 aliphatic rings. The fourth-order valence-corrected chi connectivity index (χ4v) is 1.06. The van der Waals surface area contributed by atoms with E-state index < -0.39 is 11.3 Å². The third kappa shape index (κ3) is 3.44. The molecular weight excluding hydrogens is 220 g/mol. The Morgan fingerprint density at radius 1 is 1.41 bits per heavy atom. The maximum atomic E-state index is 11.7. The highest BCUT2D eigenvalue weighted by molar-refractivity contribution is 5.93. The van der Waals surface area contributed by atoms with Crippen LogP contribution < -0.4 is 16.8 Å². The van der Waals surface area contributed by atoms with Gasteiger partial charge in [0.15, 0.2) is 0 Å². The summed E-state index contributed by atoms with van der Waals surface area (Å²) in [5.41, 5.74) is 10.1. The van der Waals surface area contributed by atoms with Crippen molar-refractivity contribution < 1.29 is 9.59 Å². The first-order chi connectivity index (χ1) is 7.83. The Kier molecular flexibility index (Phi) is 3.67. The molecule has 0 bridgehead atoms. The van der Waals surface area contributed by atoms with Crippen molar-refractivity contribution in [3.8, 4) is 0 Å². The molecule has 0 saturated heterocycles. The minimum atomic E-state index is -0.796. The van der Waals surface area contributed by atoms with Gasteiger partial charge in [-0.2, -0.15) is 0 Å².